The molecule has 0 aliphatic rings. The summed E-state index contributed by atoms with van der Waals surface area (Å²) in [6.07, 6.45) is 0. The van der Waals surface area contributed by atoms with Gasteiger partial charge in [0.25, 0.3) is 0 Å². The minimum absolute atomic E-state index is 0. The van der Waals surface area contributed by atoms with Crippen LogP contribution in [0.2, 0.25) is 0 Å². The van der Waals surface area contributed by atoms with Crippen molar-refractivity contribution in [3.05, 3.63) is 24.3 Å². The van der Waals surface area contributed by atoms with Crippen LogP contribution in [0.15, 0.2) is 24.3 Å². The van der Waals surface area contributed by atoms with Crippen molar-refractivity contribution in [2.45, 2.75) is 0 Å². The molecule has 0 bridgehead atoms. The smallest absolute Gasteiger partial charge is 0.429 e. The highest BCUT2D eigenvalue weighted by atomic mass is 16.4. The number of nitrogens with zero attached hydrogens (tertiary/aromatic N) is 1. The van der Waals surface area contributed by atoms with Gasteiger partial charge in [-0.3, -0.25) is 0 Å². The van der Waals surface area contributed by atoms with E-state index in [1.165, 1.54) is 0 Å². The van der Waals surface area contributed by atoms with E-state index < -0.39 is 7.12 Å². The second-order valence-corrected chi connectivity index (χ2v) is 2.98. The molecule has 1 radical (unpaired) electrons. The largest absolute Gasteiger partial charge is 0.488 e. The number of hydrogen-bond donors (Lipinski definition) is 4. The highest BCUT2D eigenvalue weighted by molar-refractivity contribution is 6.58. The Morgan fingerprint density at radius 3 is 1.73 bits per heavy atom. The molecule has 5 nitrogen and oxygen atoms in total. The van der Waals surface area contributed by atoms with Gasteiger partial charge < -0.3 is 25.0 Å². The van der Waals surface area contributed by atoms with Crippen molar-refractivity contribution in [1.82, 2.24) is 0 Å². The molecule has 0 atom stereocenters. The molecular formula is C8H14B2NO4. The molecule has 0 saturated heterocycles. The molecule has 15 heavy (non-hydrogen) atoms. The van der Waals surface area contributed by atoms with Gasteiger partial charge >= 0.3 is 14.8 Å². The van der Waals surface area contributed by atoms with E-state index in [1.54, 1.807) is 12.1 Å². The van der Waals surface area contributed by atoms with Crippen LogP contribution in [0.3, 0.4) is 0 Å². The molecule has 0 amide bonds. The van der Waals surface area contributed by atoms with Crippen molar-refractivity contribution in [3.8, 4) is 0 Å². The first-order valence-corrected chi connectivity index (χ1v) is 4.26. The summed E-state index contributed by atoms with van der Waals surface area (Å²) < 4.78 is 0. The second-order valence-electron chi connectivity index (χ2n) is 2.98. The minimum atomic E-state index is -1.37. The highest BCUT2D eigenvalue weighted by Crippen LogP contribution is 2.07. The Balaban J connectivity index is 0.000000583. The average Bonchev–Trinajstić information content (AvgIpc) is 2.19. The Labute approximate surface area is 90.1 Å². The molecule has 1 aromatic carbocycles. The highest BCUT2D eigenvalue weighted by Gasteiger charge is 2.09. The van der Waals surface area contributed by atoms with E-state index >= 15 is 0 Å². The minimum Gasteiger partial charge on any atom is -0.429 e. The van der Waals surface area contributed by atoms with Crippen molar-refractivity contribution in [1.29, 1.82) is 0 Å². The first-order chi connectivity index (χ1) is 7.02. The Morgan fingerprint density at radius 2 is 1.47 bits per heavy atom. The summed E-state index contributed by atoms with van der Waals surface area (Å²) in [4.78, 5) is 1.95. The van der Waals surface area contributed by atoms with Crippen molar-refractivity contribution < 1.29 is 20.1 Å². The van der Waals surface area contributed by atoms with Crippen LogP contribution in [-0.2, 0) is 0 Å². The first kappa shape index (κ1) is 14.0. The summed E-state index contributed by atoms with van der Waals surface area (Å²) in [5, 5.41) is 31.6. The molecule has 0 aliphatic heterocycles. The lowest BCUT2D eigenvalue weighted by molar-refractivity contribution is 0.425. The van der Waals surface area contributed by atoms with E-state index in [2.05, 4.69) is 0 Å². The number of anilines is 1. The van der Waals surface area contributed by atoms with Gasteiger partial charge in [-0.25, -0.2) is 0 Å². The molecule has 0 aromatic heterocycles. The van der Waals surface area contributed by atoms with Crippen LogP contribution in [0.25, 0.3) is 0 Å². The molecular weight excluding hydrogens is 196 g/mol. The van der Waals surface area contributed by atoms with Crippen molar-refractivity contribution in [3.63, 3.8) is 0 Å². The molecule has 7 heteroatoms. The second kappa shape index (κ2) is 7.30. The molecule has 0 aliphatic carbocycles. The van der Waals surface area contributed by atoms with E-state index in [9.17, 15) is 0 Å². The predicted octanol–water partition coefficient (Wildman–Crippen LogP) is -2.06. The molecule has 0 fully saturated rings. The normalized spacial score (nSPS) is 8.67. The van der Waals surface area contributed by atoms with Gasteiger partial charge in [0, 0.05) is 19.8 Å². The predicted molar refractivity (Wildman–Crippen MR) is 60.8 cm³/mol. The maximum absolute atomic E-state index is 8.80. The zero-order valence-corrected chi connectivity index (χ0v) is 8.70. The summed E-state index contributed by atoms with van der Waals surface area (Å²) >= 11 is 0. The van der Waals surface area contributed by atoms with Crippen LogP contribution in [0.4, 0.5) is 5.69 Å². The maximum atomic E-state index is 8.80. The number of rotatable bonds is 2. The average molecular weight is 210 g/mol. The van der Waals surface area contributed by atoms with Gasteiger partial charge in [0.2, 0.25) is 0 Å². The van der Waals surface area contributed by atoms with Gasteiger partial charge in [0.1, 0.15) is 0 Å². The molecule has 0 heterocycles. The van der Waals surface area contributed by atoms with E-state index in [-0.39, 0.29) is 7.69 Å². The van der Waals surface area contributed by atoms with Crippen molar-refractivity contribution >= 4 is 26.0 Å². The standard InChI is InChI=1S/C8H12BNO2.BH2O2/c1-10(2)8-5-3-7(4-6-8)9(11)12;2-1-3/h3-6,11-12H,1-2H3;2-3H. The molecule has 0 unspecified atom stereocenters. The van der Waals surface area contributed by atoms with Gasteiger partial charge in [0.15, 0.2) is 0 Å². The molecule has 1 aromatic rings. The Morgan fingerprint density at radius 1 is 1.07 bits per heavy atom. The fourth-order valence-corrected chi connectivity index (χ4v) is 0.945. The van der Waals surface area contributed by atoms with E-state index in [0.29, 0.717) is 5.46 Å². The summed E-state index contributed by atoms with van der Waals surface area (Å²) in [6, 6.07) is 7.07. The molecule has 81 valence electrons. The molecule has 1 rings (SSSR count). The number of hydrogen-bond acceptors (Lipinski definition) is 5. The van der Waals surface area contributed by atoms with Crippen LogP contribution in [0.1, 0.15) is 0 Å². The molecule has 0 spiro atoms. The lowest BCUT2D eigenvalue weighted by Gasteiger charge is -2.12. The van der Waals surface area contributed by atoms with Crippen LogP contribution in [-0.4, -0.2) is 49.0 Å². The third kappa shape index (κ3) is 5.44. The van der Waals surface area contributed by atoms with Gasteiger partial charge in [-0.2, -0.15) is 0 Å². The van der Waals surface area contributed by atoms with E-state index in [0.717, 1.165) is 5.69 Å². The van der Waals surface area contributed by atoms with Gasteiger partial charge in [-0.15, -0.1) is 0 Å². The first-order valence-electron chi connectivity index (χ1n) is 4.26. The molecule has 4 N–H and O–H groups in total. The van der Waals surface area contributed by atoms with Crippen LogP contribution >= 0.6 is 0 Å². The topological polar surface area (TPSA) is 84.2 Å². The van der Waals surface area contributed by atoms with Crippen molar-refractivity contribution in [2.75, 3.05) is 19.0 Å². The van der Waals surface area contributed by atoms with Gasteiger partial charge in [-0.1, -0.05) is 12.1 Å². The Hall–Kier alpha value is -1.01. The van der Waals surface area contributed by atoms with E-state index in [1.807, 2.05) is 31.1 Å². The Bertz CT molecular complexity index is 239. The lowest BCUT2D eigenvalue weighted by atomic mass is 9.80. The lowest BCUT2D eigenvalue weighted by Crippen LogP contribution is -2.29. The zero-order valence-electron chi connectivity index (χ0n) is 8.70. The van der Waals surface area contributed by atoms with Gasteiger partial charge in [-0.05, 0) is 17.6 Å². The maximum Gasteiger partial charge on any atom is 0.488 e. The fourth-order valence-electron chi connectivity index (χ4n) is 0.945. The van der Waals surface area contributed by atoms with Crippen LogP contribution in [0, 0.1) is 0 Å². The Kier molecular flexibility index (Phi) is 6.81. The third-order valence-electron chi connectivity index (χ3n) is 1.71. The monoisotopic (exact) mass is 210 g/mol. The number of benzene rings is 1. The van der Waals surface area contributed by atoms with E-state index in [4.69, 9.17) is 20.1 Å². The quantitative estimate of drug-likeness (QED) is 0.421. The summed E-state index contributed by atoms with van der Waals surface area (Å²) in [5.74, 6) is 0. The SMILES string of the molecule is CN(C)c1ccc(B(O)O)cc1.O[B]O. The van der Waals surface area contributed by atoms with Crippen molar-refractivity contribution in [2.24, 2.45) is 0 Å². The van der Waals surface area contributed by atoms with Crippen LogP contribution < -0.4 is 10.4 Å². The van der Waals surface area contributed by atoms with Gasteiger partial charge in [0.05, 0.1) is 0 Å². The van der Waals surface area contributed by atoms with Crippen LogP contribution in [0.5, 0.6) is 0 Å². The third-order valence-corrected chi connectivity index (χ3v) is 1.71. The zero-order chi connectivity index (χ0) is 11.8. The summed E-state index contributed by atoms with van der Waals surface area (Å²) in [7, 11) is 2.50. The summed E-state index contributed by atoms with van der Waals surface area (Å²) in [6.45, 7) is 0. The fraction of sp³-hybridized carbons (Fsp3) is 0.250. The molecule has 0 saturated carbocycles. The summed E-state index contributed by atoms with van der Waals surface area (Å²) in [5.41, 5.74) is 1.56.